The average molecular weight is 594 g/mol. The van der Waals surface area contributed by atoms with Gasteiger partial charge in [0.25, 0.3) is 0 Å². The van der Waals surface area contributed by atoms with Crippen LogP contribution < -0.4 is 21.3 Å². The van der Waals surface area contributed by atoms with Crippen LogP contribution in [0, 0.1) is 11.3 Å². The van der Waals surface area contributed by atoms with E-state index in [0.717, 1.165) is 49.2 Å². The molecule has 4 amide bonds. The van der Waals surface area contributed by atoms with Crippen molar-refractivity contribution in [1.82, 2.24) is 20.9 Å². The summed E-state index contributed by atoms with van der Waals surface area (Å²) in [4.78, 5) is 27.0. The molecule has 41 heavy (non-hydrogen) atoms. The average Bonchev–Trinajstić information content (AvgIpc) is 3.39. The third kappa shape index (κ3) is 9.12. The Kier molecular flexibility index (Phi) is 10.9. The molecule has 0 saturated carbocycles. The van der Waals surface area contributed by atoms with Crippen LogP contribution >= 0.6 is 23.2 Å². The number of anilines is 1. The molecule has 1 heterocycles. The van der Waals surface area contributed by atoms with Gasteiger partial charge < -0.3 is 26.2 Å². The van der Waals surface area contributed by atoms with Crippen LogP contribution in [0.5, 0.6) is 0 Å². The second kappa shape index (κ2) is 14.7. The van der Waals surface area contributed by atoms with Gasteiger partial charge in [0.05, 0.1) is 11.6 Å². The number of likely N-dealkylation sites (tertiary alicyclic amines) is 1. The van der Waals surface area contributed by atoms with Gasteiger partial charge in [-0.3, -0.25) is 0 Å². The highest BCUT2D eigenvalue weighted by molar-refractivity contribution is 6.35. The molecule has 0 bridgehead atoms. The van der Waals surface area contributed by atoms with Crippen molar-refractivity contribution in [2.45, 2.75) is 31.7 Å². The molecule has 1 aliphatic heterocycles. The fourth-order valence-electron chi connectivity index (χ4n) is 5.01. The predicted molar refractivity (Wildman–Crippen MR) is 164 cm³/mol. The van der Waals surface area contributed by atoms with Crippen molar-refractivity contribution in [1.29, 1.82) is 5.26 Å². The van der Waals surface area contributed by atoms with E-state index >= 15 is 0 Å². The number of hydrogen-bond acceptors (Lipinski definition) is 4. The molecule has 1 aliphatic rings. The Morgan fingerprint density at radius 3 is 2.46 bits per heavy atom. The molecule has 0 unspecified atom stereocenters. The lowest BCUT2D eigenvalue weighted by Gasteiger charge is -2.23. The SMILES string of the molecule is CCNC(=O)N[C@@H]1CCN(CC[C@H](CNC(=O)Nc2cc(Cl)cc(Cl)c2)c2ccc(-c3cccc(C#N)c3)cc2)C1. The van der Waals surface area contributed by atoms with E-state index in [9.17, 15) is 14.9 Å². The van der Waals surface area contributed by atoms with Crippen molar-refractivity contribution in [2.75, 3.05) is 38.0 Å². The van der Waals surface area contributed by atoms with Crippen LogP contribution in [0.3, 0.4) is 0 Å². The topological polar surface area (TPSA) is 109 Å². The Hall–Kier alpha value is -3.77. The quantitative estimate of drug-likeness (QED) is 0.224. The first-order valence-corrected chi connectivity index (χ1v) is 14.5. The van der Waals surface area contributed by atoms with E-state index in [2.05, 4.69) is 56.5 Å². The predicted octanol–water partition coefficient (Wildman–Crippen LogP) is 6.22. The number of amides is 4. The van der Waals surface area contributed by atoms with Gasteiger partial charge in [-0.2, -0.15) is 5.26 Å². The highest BCUT2D eigenvalue weighted by atomic mass is 35.5. The Bertz CT molecular complexity index is 1370. The van der Waals surface area contributed by atoms with Crippen molar-refractivity contribution in [2.24, 2.45) is 0 Å². The lowest BCUT2D eigenvalue weighted by atomic mass is 9.93. The smallest absolute Gasteiger partial charge is 0.319 e. The molecule has 8 nitrogen and oxygen atoms in total. The van der Waals surface area contributed by atoms with Crippen molar-refractivity contribution in [3.05, 3.63) is 87.9 Å². The number of rotatable bonds is 10. The summed E-state index contributed by atoms with van der Waals surface area (Å²) in [6.07, 6.45) is 1.72. The van der Waals surface area contributed by atoms with Crippen LogP contribution in [0.4, 0.5) is 15.3 Å². The van der Waals surface area contributed by atoms with Gasteiger partial charge in [-0.15, -0.1) is 0 Å². The standard InChI is InChI=1S/C31H34Cl2N6O2/c1-2-35-30(40)37-28-11-13-39(20-28)12-10-25(19-36-31(41)38-29-16-26(32)15-27(33)17-29)23-8-6-22(7-9-23)24-5-3-4-21(14-24)18-34/h3-9,14-17,25,28H,2,10-13,19-20H2,1H3,(H2,35,37,40)(H2,36,38,41)/t25-,28-/m1/s1. The summed E-state index contributed by atoms with van der Waals surface area (Å²) < 4.78 is 0. The molecule has 10 heteroatoms. The van der Waals surface area contributed by atoms with Crippen LogP contribution in [-0.2, 0) is 0 Å². The second-order valence-electron chi connectivity index (χ2n) is 10.1. The van der Waals surface area contributed by atoms with Crippen LogP contribution in [0.2, 0.25) is 10.0 Å². The van der Waals surface area contributed by atoms with Crippen LogP contribution in [-0.4, -0.2) is 55.7 Å². The zero-order valence-electron chi connectivity index (χ0n) is 22.9. The lowest BCUT2D eigenvalue weighted by molar-refractivity contribution is 0.236. The van der Waals surface area contributed by atoms with E-state index in [-0.39, 0.29) is 24.0 Å². The molecule has 1 saturated heterocycles. The summed E-state index contributed by atoms with van der Waals surface area (Å²) in [5.74, 6) is 0.0543. The molecule has 0 spiro atoms. The normalized spacial score (nSPS) is 15.5. The third-order valence-electron chi connectivity index (χ3n) is 7.08. The summed E-state index contributed by atoms with van der Waals surface area (Å²) in [5.41, 5.74) is 4.24. The van der Waals surface area contributed by atoms with E-state index in [1.807, 2.05) is 25.1 Å². The fourth-order valence-corrected chi connectivity index (χ4v) is 5.53. The van der Waals surface area contributed by atoms with Gasteiger partial charge in [0, 0.05) is 53.9 Å². The number of carbonyl (C=O) groups excluding carboxylic acids is 2. The van der Waals surface area contributed by atoms with E-state index in [1.54, 1.807) is 24.3 Å². The van der Waals surface area contributed by atoms with Crippen molar-refractivity contribution >= 4 is 41.0 Å². The van der Waals surface area contributed by atoms with Gasteiger partial charge in [0.15, 0.2) is 0 Å². The Balaban J connectivity index is 1.42. The van der Waals surface area contributed by atoms with Gasteiger partial charge in [-0.05, 0) is 73.3 Å². The minimum atomic E-state index is -0.342. The highest BCUT2D eigenvalue weighted by Crippen LogP contribution is 2.26. The first kappa shape index (κ1) is 30.2. The first-order chi connectivity index (χ1) is 19.8. The molecule has 0 aromatic heterocycles. The molecule has 3 aromatic rings. The van der Waals surface area contributed by atoms with E-state index in [0.29, 0.717) is 34.4 Å². The number of halogens is 2. The molecule has 214 valence electrons. The van der Waals surface area contributed by atoms with E-state index < -0.39 is 0 Å². The Labute approximate surface area is 251 Å². The summed E-state index contributed by atoms with van der Waals surface area (Å²) in [6.45, 7) is 5.45. The molecule has 0 radical (unpaired) electrons. The monoisotopic (exact) mass is 592 g/mol. The molecule has 1 fully saturated rings. The number of benzene rings is 3. The van der Waals surface area contributed by atoms with Crippen molar-refractivity contribution in [3.8, 4) is 17.2 Å². The van der Waals surface area contributed by atoms with Gasteiger partial charge in [-0.1, -0.05) is 59.6 Å². The molecular weight excluding hydrogens is 559 g/mol. The number of hydrogen-bond donors (Lipinski definition) is 4. The summed E-state index contributed by atoms with van der Waals surface area (Å²) >= 11 is 12.1. The number of urea groups is 2. The largest absolute Gasteiger partial charge is 0.338 e. The fraction of sp³-hybridized carbons (Fsp3) is 0.323. The zero-order valence-corrected chi connectivity index (χ0v) is 24.4. The van der Waals surface area contributed by atoms with Crippen molar-refractivity contribution < 1.29 is 9.59 Å². The summed E-state index contributed by atoms with van der Waals surface area (Å²) in [6, 6.07) is 22.5. The maximum absolute atomic E-state index is 12.7. The molecule has 3 aromatic carbocycles. The minimum absolute atomic E-state index is 0.0543. The van der Waals surface area contributed by atoms with Crippen molar-refractivity contribution in [3.63, 3.8) is 0 Å². The number of nitrogens with zero attached hydrogens (tertiary/aromatic N) is 2. The van der Waals surface area contributed by atoms with Crippen LogP contribution in [0.25, 0.3) is 11.1 Å². The van der Waals surface area contributed by atoms with Gasteiger partial charge >= 0.3 is 12.1 Å². The Morgan fingerprint density at radius 2 is 1.76 bits per heavy atom. The third-order valence-corrected chi connectivity index (χ3v) is 7.51. The molecule has 0 aliphatic carbocycles. The Morgan fingerprint density at radius 1 is 1.00 bits per heavy atom. The van der Waals surface area contributed by atoms with Crippen LogP contribution in [0.15, 0.2) is 66.7 Å². The van der Waals surface area contributed by atoms with E-state index in [4.69, 9.17) is 23.2 Å². The lowest BCUT2D eigenvalue weighted by Crippen LogP contribution is -2.43. The molecule has 4 rings (SSSR count). The number of nitriles is 1. The zero-order chi connectivity index (χ0) is 29.2. The highest BCUT2D eigenvalue weighted by Gasteiger charge is 2.25. The van der Waals surface area contributed by atoms with Gasteiger partial charge in [0.1, 0.15) is 0 Å². The molecule has 4 N–H and O–H groups in total. The van der Waals surface area contributed by atoms with Gasteiger partial charge in [-0.25, -0.2) is 9.59 Å². The van der Waals surface area contributed by atoms with Crippen LogP contribution in [0.1, 0.15) is 36.8 Å². The van der Waals surface area contributed by atoms with E-state index in [1.165, 1.54) is 0 Å². The maximum Gasteiger partial charge on any atom is 0.319 e. The minimum Gasteiger partial charge on any atom is -0.338 e. The van der Waals surface area contributed by atoms with Gasteiger partial charge in [0.2, 0.25) is 0 Å². The summed E-state index contributed by atoms with van der Waals surface area (Å²) in [5, 5.41) is 21.8. The number of nitrogens with one attached hydrogen (secondary N) is 4. The molecular formula is C31H34Cl2N6O2. The molecule has 2 atom stereocenters. The maximum atomic E-state index is 12.7. The number of carbonyl (C=O) groups is 2. The second-order valence-corrected chi connectivity index (χ2v) is 11.0. The first-order valence-electron chi connectivity index (χ1n) is 13.7. The summed E-state index contributed by atoms with van der Waals surface area (Å²) in [7, 11) is 0.